The zero-order valence-corrected chi connectivity index (χ0v) is 11.0. The summed E-state index contributed by atoms with van der Waals surface area (Å²) >= 11 is 0. The Morgan fingerprint density at radius 1 is 1.15 bits per heavy atom. The Kier molecular flexibility index (Phi) is 2.58. The third kappa shape index (κ3) is 1.99. The summed E-state index contributed by atoms with van der Waals surface area (Å²) < 4.78 is 10.5. The van der Waals surface area contributed by atoms with Crippen LogP contribution in [0.15, 0.2) is 30.4 Å². The van der Waals surface area contributed by atoms with Gasteiger partial charge in [-0.25, -0.2) is 4.79 Å². The van der Waals surface area contributed by atoms with Crippen LogP contribution in [-0.2, 0) is 0 Å². The first-order valence-electron chi connectivity index (χ1n) is 6.93. The number of rotatable bonds is 2. The molecule has 1 aromatic rings. The van der Waals surface area contributed by atoms with Gasteiger partial charge in [0.1, 0.15) is 0 Å². The van der Waals surface area contributed by atoms with Crippen molar-refractivity contribution in [3.8, 4) is 11.5 Å². The molecule has 1 fully saturated rings. The molecule has 3 aliphatic rings. The molecule has 1 saturated carbocycles. The number of hydrogen-bond acceptors (Lipinski definition) is 3. The van der Waals surface area contributed by atoms with Crippen LogP contribution >= 0.6 is 0 Å². The minimum Gasteiger partial charge on any atom is -0.454 e. The highest BCUT2D eigenvalue weighted by atomic mass is 16.7. The van der Waals surface area contributed by atoms with Crippen LogP contribution in [0.25, 0.3) is 0 Å². The van der Waals surface area contributed by atoms with Crippen molar-refractivity contribution in [3.63, 3.8) is 0 Å². The molecular weight excluding hydrogens is 256 g/mol. The Morgan fingerprint density at radius 2 is 2.05 bits per heavy atom. The Hall–Kier alpha value is -2.17. The first kappa shape index (κ1) is 11.6. The predicted octanol–water partition coefficient (Wildman–Crippen LogP) is 2.50. The highest BCUT2D eigenvalue weighted by Crippen LogP contribution is 2.39. The van der Waals surface area contributed by atoms with Gasteiger partial charge in [0.05, 0.1) is 0 Å². The number of carbonyl (C=O) groups excluding carboxylic acids is 1. The molecule has 1 heterocycles. The van der Waals surface area contributed by atoms with Crippen molar-refractivity contribution >= 4 is 11.7 Å². The molecule has 2 N–H and O–H groups in total. The highest BCUT2D eigenvalue weighted by Gasteiger charge is 2.36. The molecule has 1 aliphatic heterocycles. The average molecular weight is 272 g/mol. The number of anilines is 1. The number of carbonyl (C=O) groups is 1. The van der Waals surface area contributed by atoms with E-state index in [4.69, 9.17) is 9.47 Å². The lowest BCUT2D eigenvalue weighted by Gasteiger charge is -2.20. The summed E-state index contributed by atoms with van der Waals surface area (Å²) in [5.41, 5.74) is 0.713. The van der Waals surface area contributed by atoms with Crippen LogP contribution in [0.1, 0.15) is 12.8 Å². The fourth-order valence-electron chi connectivity index (χ4n) is 3.26. The second kappa shape index (κ2) is 4.44. The van der Waals surface area contributed by atoms with Gasteiger partial charge in [0.2, 0.25) is 6.79 Å². The van der Waals surface area contributed by atoms with E-state index in [-0.39, 0.29) is 18.9 Å². The largest absolute Gasteiger partial charge is 0.454 e. The molecule has 2 amide bonds. The average Bonchev–Trinajstić information content (AvgIpc) is 3.13. The minimum atomic E-state index is -0.158. The van der Waals surface area contributed by atoms with Gasteiger partial charge in [0.15, 0.2) is 11.5 Å². The van der Waals surface area contributed by atoms with E-state index in [0.29, 0.717) is 29.0 Å². The molecule has 0 radical (unpaired) electrons. The van der Waals surface area contributed by atoms with Gasteiger partial charge < -0.3 is 20.1 Å². The molecular formula is C15H16N2O3. The summed E-state index contributed by atoms with van der Waals surface area (Å²) in [6, 6.07) is 5.50. The van der Waals surface area contributed by atoms with E-state index in [2.05, 4.69) is 22.8 Å². The molecule has 2 bridgehead atoms. The Bertz CT molecular complexity index is 584. The molecule has 0 aromatic heterocycles. The number of allylic oxidation sites excluding steroid dienone is 1. The SMILES string of the molecule is O=C(Nc1ccc2c(c1)OCO2)NC1CC2C=CC1C2. The molecule has 20 heavy (non-hydrogen) atoms. The summed E-state index contributed by atoms with van der Waals surface area (Å²) in [7, 11) is 0. The van der Waals surface area contributed by atoms with E-state index < -0.39 is 0 Å². The van der Waals surface area contributed by atoms with Gasteiger partial charge in [-0.1, -0.05) is 12.2 Å². The van der Waals surface area contributed by atoms with Crippen molar-refractivity contribution in [3.05, 3.63) is 30.4 Å². The van der Waals surface area contributed by atoms with E-state index in [1.807, 2.05) is 6.07 Å². The number of ether oxygens (including phenoxy) is 2. The van der Waals surface area contributed by atoms with Crippen LogP contribution in [0, 0.1) is 11.8 Å². The van der Waals surface area contributed by atoms with Gasteiger partial charge >= 0.3 is 6.03 Å². The van der Waals surface area contributed by atoms with E-state index in [9.17, 15) is 4.79 Å². The van der Waals surface area contributed by atoms with Crippen LogP contribution in [0.3, 0.4) is 0 Å². The maximum Gasteiger partial charge on any atom is 0.319 e. The molecule has 5 nitrogen and oxygen atoms in total. The number of nitrogens with one attached hydrogen (secondary N) is 2. The number of fused-ring (bicyclic) bond motifs is 3. The Morgan fingerprint density at radius 3 is 2.85 bits per heavy atom. The first-order chi connectivity index (χ1) is 9.78. The number of benzene rings is 1. The van der Waals surface area contributed by atoms with Gasteiger partial charge in [-0.3, -0.25) is 0 Å². The normalized spacial score (nSPS) is 28.7. The second-order valence-electron chi connectivity index (χ2n) is 5.55. The fourth-order valence-corrected chi connectivity index (χ4v) is 3.26. The maximum atomic E-state index is 12.0. The van der Waals surface area contributed by atoms with Crippen LogP contribution in [0.4, 0.5) is 10.5 Å². The lowest BCUT2D eigenvalue weighted by Crippen LogP contribution is -2.40. The fraction of sp³-hybridized carbons (Fsp3) is 0.400. The zero-order chi connectivity index (χ0) is 13.5. The monoisotopic (exact) mass is 272 g/mol. The van der Waals surface area contributed by atoms with Crippen molar-refractivity contribution in [1.82, 2.24) is 5.32 Å². The van der Waals surface area contributed by atoms with Crippen LogP contribution in [-0.4, -0.2) is 18.9 Å². The van der Waals surface area contributed by atoms with Crippen molar-refractivity contribution in [2.75, 3.05) is 12.1 Å². The lowest BCUT2D eigenvalue weighted by atomic mass is 10.0. The molecule has 3 atom stereocenters. The molecule has 2 aliphatic carbocycles. The van der Waals surface area contributed by atoms with Crippen molar-refractivity contribution in [2.45, 2.75) is 18.9 Å². The summed E-state index contributed by atoms with van der Waals surface area (Å²) in [4.78, 5) is 12.0. The van der Waals surface area contributed by atoms with E-state index in [1.54, 1.807) is 12.1 Å². The molecule has 0 saturated heterocycles. The topological polar surface area (TPSA) is 59.6 Å². The van der Waals surface area contributed by atoms with Crippen molar-refractivity contribution < 1.29 is 14.3 Å². The molecule has 5 heteroatoms. The zero-order valence-electron chi connectivity index (χ0n) is 11.0. The van der Waals surface area contributed by atoms with E-state index in [0.717, 1.165) is 6.42 Å². The van der Waals surface area contributed by atoms with E-state index in [1.165, 1.54) is 6.42 Å². The lowest BCUT2D eigenvalue weighted by molar-refractivity contribution is 0.174. The number of urea groups is 1. The summed E-state index contributed by atoms with van der Waals surface area (Å²) in [6.07, 6.45) is 6.71. The smallest absolute Gasteiger partial charge is 0.319 e. The third-order valence-corrected chi connectivity index (χ3v) is 4.23. The van der Waals surface area contributed by atoms with Gasteiger partial charge in [0.25, 0.3) is 0 Å². The number of amides is 2. The van der Waals surface area contributed by atoms with E-state index >= 15 is 0 Å². The molecule has 104 valence electrons. The Labute approximate surface area is 116 Å². The Balaban J connectivity index is 1.39. The first-order valence-corrected chi connectivity index (χ1v) is 6.93. The second-order valence-corrected chi connectivity index (χ2v) is 5.55. The standard InChI is InChI=1S/C15H16N2O3/c18-15(17-12-6-9-1-2-10(12)5-9)16-11-3-4-13-14(7-11)20-8-19-13/h1-4,7,9-10,12H,5-6,8H2,(H2,16,17,18). The quantitative estimate of drug-likeness (QED) is 0.813. The summed E-state index contributed by atoms with van der Waals surface area (Å²) in [5.74, 6) is 2.54. The molecule has 1 aromatic carbocycles. The van der Waals surface area contributed by atoms with Crippen molar-refractivity contribution in [2.24, 2.45) is 11.8 Å². The highest BCUT2D eigenvalue weighted by molar-refractivity contribution is 5.90. The van der Waals surface area contributed by atoms with Gasteiger partial charge in [-0.15, -0.1) is 0 Å². The summed E-state index contributed by atoms with van der Waals surface area (Å²) in [6.45, 7) is 0.239. The van der Waals surface area contributed by atoms with Crippen LogP contribution in [0.2, 0.25) is 0 Å². The van der Waals surface area contributed by atoms with Crippen LogP contribution < -0.4 is 20.1 Å². The van der Waals surface area contributed by atoms with Gasteiger partial charge in [-0.2, -0.15) is 0 Å². The third-order valence-electron chi connectivity index (χ3n) is 4.23. The maximum absolute atomic E-state index is 12.0. The van der Waals surface area contributed by atoms with Gasteiger partial charge in [-0.05, 0) is 36.8 Å². The van der Waals surface area contributed by atoms with Crippen molar-refractivity contribution in [1.29, 1.82) is 0 Å². The number of hydrogen-bond donors (Lipinski definition) is 2. The molecule has 4 rings (SSSR count). The van der Waals surface area contributed by atoms with Gasteiger partial charge in [0, 0.05) is 17.8 Å². The minimum absolute atomic E-state index is 0.158. The molecule has 3 unspecified atom stereocenters. The van der Waals surface area contributed by atoms with Crippen LogP contribution in [0.5, 0.6) is 11.5 Å². The predicted molar refractivity (Wildman–Crippen MR) is 73.9 cm³/mol. The summed E-state index contributed by atoms with van der Waals surface area (Å²) in [5, 5.41) is 5.90. The molecule has 0 spiro atoms.